The average Bonchev–Trinajstić information content (AvgIpc) is 3.32. The van der Waals surface area contributed by atoms with Gasteiger partial charge in [-0.05, 0) is 74.7 Å². The zero-order chi connectivity index (χ0) is 26.0. The minimum atomic E-state index is -3.96. The normalized spacial score (nSPS) is 19.2. The van der Waals surface area contributed by atoms with E-state index in [1.54, 1.807) is 26.4 Å². The molecule has 0 radical (unpaired) electrons. The molecule has 2 aliphatic rings. The molecule has 0 aromatic heterocycles. The van der Waals surface area contributed by atoms with Gasteiger partial charge in [0.2, 0.25) is 6.79 Å². The minimum Gasteiger partial charge on any atom is -0.493 e. The van der Waals surface area contributed by atoms with E-state index in [4.69, 9.17) is 18.9 Å². The lowest BCUT2D eigenvalue weighted by Gasteiger charge is -2.37. The number of hydrogen-bond acceptors (Lipinski definition) is 9. The quantitative estimate of drug-likeness (QED) is 0.450. The molecule has 0 N–H and O–H groups in total. The van der Waals surface area contributed by atoms with Gasteiger partial charge in [0.15, 0.2) is 46.8 Å². The summed E-state index contributed by atoms with van der Waals surface area (Å²) in [5, 5.41) is 0. The van der Waals surface area contributed by atoms with E-state index in [0.717, 1.165) is 12.0 Å². The van der Waals surface area contributed by atoms with Crippen molar-refractivity contribution >= 4 is 19.7 Å². The lowest BCUT2D eigenvalue weighted by molar-refractivity contribution is 0.174. The maximum absolute atomic E-state index is 13.4. The number of nitrogens with zero attached hydrogens (tertiary/aromatic N) is 1. The van der Waals surface area contributed by atoms with Crippen molar-refractivity contribution in [2.24, 2.45) is 0 Å². The fourth-order valence-electron chi connectivity index (χ4n) is 4.96. The van der Waals surface area contributed by atoms with Gasteiger partial charge >= 0.3 is 0 Å². The molecule has 1 fully saturated rings. The third kappa shape index (κ3) is 4.88. The number of sulfone groups is 2. The summed E-state index contributed by atoms with van der Waals surface area (Å²) < 4.78 is 73.2. The topological polar surface area (TPSA) is 108 Å². The lowest BCUT2D eigenvalue weighted by Crippen LogP contribution is -2.50. The van der Waals surface area contributed by atoms with Gasteiger partial charge in [-0.2, -0.15) is 0 Å². The van der Waals surface area contributed by atoms with Crippen LogP contribution in [0.15, 0.2) is 36.4 Å². The predicted molar refractivity (Wildman–Crippen MR) is 136 cm³/mol. The van der Waals surface area contributed by atoms with Crippen LogP contribution in [0.1, 0.15) is 30.4 Å². The van der Waals surface area contributed by atoms with E-state index in [1.807, 2.05) is 25.2 Å². The second-order valence-corrected chi connectivity index (χ2v) is 14.1. The van der Waals surface area contributed by atoms with Crippen LogP contribution in [0.25, 0.3) is 0 Å². The Morgan fingerprint density at radius 3 is 2.28 bits per heavy atom. The fourth-order valence-corrected chi connectivity index (χ4v) is 10.8. The third-order valence-electron chi connectivity index (χ3n) is 6.92. The van der Waals surface area contributed by atoms with Gasteiger partial charge in [0.1, 0.15) is 0 Å². The first-order valence-electron chi connectivity index (χ1n) is 11.9. The van der Waals surface area contributed by atoms with Gasteiger partial charge in [0, 0.05) is 6.54 Å². The van der Waals surface area contributed by atoms with Crippen LogP contribution in [0.3, 0.4) is 0 Å². The minimum absolute atomic E-state index is 0.0159. The van der Waals surface area contributed by atoms with Crippen LogP contribution in [-0.2, 0) is 30.2 Å². The van der Waals surface area contributed by atoms with Crippen LogP contribution in [0.5, 0.6) is 23.0 Å². The molecule has 0 saturated carbocycles. The first-order valence-corrected chi connectivity index (χ1v) is 15.2. The van der Waals surface area contributed by atoms with Gasteiger partial charge in [-0.1, -0.05) is 12.1 Å². The molecule has 1 saturated heterocycles. The third-order valence-corrected chi connectivity index (χ3v) is 13.0. The molecule has 4 rings (SSSR count). The van der Waals surface area contributed by atoms with E-state index in [2.05, 4.69) is 4.90 Å². The molecular weight excluding hydrogens is 506 g/mol. The maximum Gasteiger partial charge on any atom is 0.231 e. The van der Waals surface area contributed by atoms with E-state index >= 15 is 0 Å². The zero-order valence-corrected chi connectivity index (χ0v) is 22.5. The molecule has 2 heterocycles. The average molecular weight is 540 g/mol. The number of ether oxygens (including phenoxy) is 4. The lowest BCUT2D eigenvalue weighted by atomic mass is 10.1. The van der Waals surface area contributed by atoms with Gasteiger partial charge in [0.25, 0.3) is 0 Å². The maximum atomic E-state index is 13.4. The molecule has 2 aromatic rings. The summed E-state index contributed by atoms with van der Waals surface area (Å²) in [4.78, 5) is 2.08. The van der Waals surface area contributed by atoms with Gasteiger partial charge in [-0.3, -0.25) is 0 Å². The van der Waals surface area contributed by atoms with E-state index in [1.165, 1.54) is 6.07 Å². The number of rotatable bonds is 10. The van der Waals surface area contributed by atoms with Gasteiger partial charge in [-0.15, -0.1) is 0 Å². The summed E-state index contributed by atoms with van der Waals surface area (Å²) in [6, 6.07) is 10.4. The second-order valence-electron chi connectivity index (χ2n) is 9.16. The molecule has 0 spiro atoms. The van der Waals surface area contributed by atoms with Crippen LogP contribution in [-0.4, -0.2) is 74.4 Å². The van der Waals surface area contributed by atoms with Crippen LogP contribution in [0.2, 0.25) is 0 Å². The highest BCUT2D eigenvalue weighted by molar-refractivity contribution is 8.10. The van der Waals surface area contributed by atoms with Crippen LogP contribution in [0.4, 0.5) is 0 Å². The summed E-state index contributed by atoms with van der Waals surface area (Å²) in [5.74, 6) is 1.87. The van der Waals surface area contributed by atoms with Crippen molar-refractivity contribution in [2.75, 3.05) is 52.7 Å². The van der Waals surface area contributed by atoms with Crippen molar-refractivity contribution in [3.63, 3.8) is 0 Å². The van der Waals surface area contributed by atoms with Crippen molar-refractivity contribution in [1.29, 1.82) is 0 Å². The molecule has 11 heteroatoms. The Kier molecular flexibility index (Phi) is 7.72. The predicted octanol–water partition coefficient (Wildman–Crippen LogP) is 2.77. The Bertz CT molecular complexity index is 1270. The molecule has 9 nitrogen and oxygen atoms in total. The summed E-state index contributed by atoms with van der Waals surface area (Å²) in [7, 11) is -2.79. The number of hydrogen-bond donors (Lipinski definition) is 0. The molecule has 36 heavy (non-hydrogen) atoms. The van der Waals surface area contributed by atoms with Crippen molar-refractivity contribution in [3.8, 4) is 23.0 Å². The summed E-state index contributed by atoms with van der Waals surface area (Å²) in [5.41, 5.74) is 1.31. The zero-order valence-electron chi connectivity index (χ0n) is 20.9. The molecular formula is C25H33NO8S2. The first-order chi connectivity index (χ1) is 17.1. The van der Waals surface area contributed by atoms with Crippen LogP contribution < -0.4 is 18.9 Å². The van der Waals surface area contributed by atoms with Crippen LogP contribution >= 0.6 is 0 Å². The number of methoxy groups -OCH3 is 2. The van der Waals surface area contributed by atoms with Crippen molar-refractivity contribution < 1.29 is 35.8 Å². The van der Waals surface area contributed by atoms with E-state index in [0.29, 0.717) is 42.5 Å². The Labute approximate surface area is 213 Å². The van der Waals surface area contributed by atoms with E-state index in [9.17, 15) is 16.8 Å². The number of benzene rings is 2. The number of likely N-dealkylation sites (N-methyl/N-ethyl adjacent to an activating group) is 1. The van der Waals surface area contributed by atoms with Gasteiger partial charge in [-0.25, -0.2) is 16.8 Å². The fraction of sp³-hybridized carbons (Fsp3) is 0.520. The Morgan fingerprint density at radius 1 is 0.889 bits per heavy atom. The van der Waals surface area contributed by atoms with E-state index < -0.39 is 23.8 Å². The molecule has 198 valence electrons. The second kappa shape index (κ2) is 10.5. The van der Waals surface area contributed by atoms with E-state index in [-0.39, 0.29) is 36.7 Å². The largest absolute Gasteiger partial charge is 0.493 e. The molecule has 0 aliphatic carbocycles. The highest BCUT2D eigenvalue weighted by atomic mass is 32.3. The Morgan fingerprint density at radius 2 is 1.58 bits per heavy atom. The van der Waals surface area contributed by atoms with Crippen LogP contribution in [0, 0.1) is 0 Å². The standard InChI is InChI=1S/C25H33NO8S2/c1-26(13-10-19-6-8-21(31-2)23(16-19)32-3)12-4-11-25(35(27,28)14-5-15-36(25,29)30)20-7-9-22-24(17-20)34-18-33-22/h6-9,16-17H,4-5,10-15,18H2,1-3H3. The van der Waals surface area contributed by atoms with Crippen molar-refractivity contribution in [1.82, 2.24) is 4.90 Å². The molecule has 0 unspecified atom stereocenters. The monoisotopic (exact) mass is 539 g/mol. The van der Waals surface area contributed by atoms with Gasteiger partial charge < -0.3 is 23.8 Å². The molecule has 2 aromatic carbocycles. The first kappa shape index (κ1) is 26.6. The highest BCUT2D eigenvalue weighted by Crippen LogP contribution is 2.47. The Hall–Kier alpha value is -2.50. The SMILES string of the molecule is COc1ccc(CCN(C)CCCC2(c3ccc4c(c3)OCO4)S(=O)(=O)CCCS2(=O)=O)cc1OC. The summed E-state index contributed by atoms with van der Waals surface area (Å²) in [6.07, 6.45) is 1.25. The smallest absolute Gasteiger partial charge is 0.231 e. The summed E-state index contributed by atoms with van der Waals surface area (Å²) >= 11 is 0. The molecule has 0 bridgehead atoms. The van der Waals surface area contributed by atoms with Crippen molar-refractivity contribution in [2.45, 2.75) is 29.8 Å². The van der Waals surface area contributed by atoms with Gasteiger partial charge in [0.05, 0.1) is 25.7 Å². The Balaban J connectivity index is 1.49. The van der Waals surface area contributed by atoms with Crippen molar-refractivity contribution in [3.05, 3.63) is 47.5 Å². The summed E-state index contributed by atoms with van der Waals surface area (Å²) in [6.45, 7) is 1.28. The number of fused-ring (bicyclic) bond motifs is 1. The molecule has 0 atom stereocenters. The molecule has 0 amide bonds. The highest BCUT2D eigenvalue weighted by Gasteiger charge is 2.57. The molecule has 2 aliphatic heterocycles.